The highest BCUT2D eigenvalue weighted by molar-refractivity contribution is 8.14. The van der Waals surface area contributed by atoms with Crippen molar-refractivity contribution >= 4 is 40.3 Å². The van der Waals surface area contributed by atoms with Crippen LogP contribution in [0.3, 0.4) is 0 Å². The van der Waals surface area contributed by atoms with E-state index in [1.807, 2.05) is 4.90 Å². The molecule has 8 nitrogen and oxygen atoms in total. The normalized spacial score (nSPS) is 22.7. The van der Waals surface area contributed by atoms with Crippen LogP contribution in [0.25, 0.3) is 0 Å². The summed E-state index contributed by atoms with van der Waals surface area (Å²) in [5.74, 6) is -0.0558. The van der Waals surface area contributed by atoms with Crippen LogP contribution in [0, 0.1) is 5.82 Å². The highest BCUT2D eigenvalue weighted by Crippen LogP contribution is 2.29. The zero-order valence-corrected chi connectivity index (χ0v) is 16.4. The zero-order chi connectivity index (χ0) is 19.7. The molecule has 0 spiro atoms. The van der Waals surface area contributed by atoms with Crippen LogP contribution in [0.5, 0.6) is 0 Å². The lowest BCUT2D eigenvalue weighted by atomic mass is 10.2. The van der Waals surface area contributed by atoms with Crippen molar-refractivity contribution in [3.8, 4) is 0 Å². The fourth-order valence-electron chi connectivity index (χ4n) is 3.58. The summed E-state index contributed by atoms with van der Waals surface area (Å²) in [4.78, 5) is 32.9. The maximum Gasteiger partial charge on any atom is 0.414 e. The summed E-state index contributed by atoms with van der Waals surface area (Å²) in [7, 11) is 1.79. The summed E-state index contributed by atoms with van der Waals surface area (Å²) in [6, 6.07) is 4.86. The molecule has 1 aromatic carbocycles. The van der Waals surface area contributed by atoms with Gasteiger partial charge in [0.15, 0.2) is 5.17 Å². The standard InChI is InChI=1S/C18H22FN5O3S/c1-20-9-13-10-24(18(26)27-13)12-2-3-15(14(19)8-12)22-4-6-23(7-5-22)17-21-16(25)11-28-17/h2-3,8,13,20H,4-7,9-11H2,1H3. The van der Waals surface area contributed by atoms with Crippen LogP contribution in [0.15, 0.2) is 23.2 Å². The van der Waals surface area contributed by atoms with Gasteiger partial charge in [-0.2, -0.15) is 4.99 Å². The number of hydrogen-bond donors (Lipinski definition) is 1. The summed E-state index contributed by atoms with van der Waals surface area (Å²) in [5.41, 5.74) is 1.01. The van der Waals surface area contributed by atoms with Crippen LogP contribution in [0.2, 0.25) is 0 Å². The minimum absolute atomic E-state index is 0.0959. The number of thioether (sulfide) groups is 1. The van der Waals surface area contributed by atoms with Crippen molar-refractivity contribution in [2.45, 2.75) is 6.10 Å². The van der Waals surface area contributed by atoms with Gasteiger partial charge < -0.3 is 19.9 Å². The summed E-state index contributed by atoms with van der Waals surface area (Å²) >= 11 is 1.46. The van der Waals surface area contributed by atoms with E-state index in [9.17, 15) is 14.0 Å². The Labute approximate surface area is 166 Å². The molecule has 1 aromatic rings. The molecule has 10 heteroatoms. The number of likely N-dealkylation sites (N-methyl/N-ethyl adjacent to an activating group) is 1. The van der Waals surface area contributed by atoms with E-state index in [2.05, 4.69) is 15.2 Å². The Morgan fingerprint density at radius 2 is 2.00 bits per heavy atom. The molecule has 3 heterocycles. The Hall–Kier alpha value is -2.33. The first-order chi connectivity index (χ1) is 13.5. The molecule has 0 aromatic heterocycles. The number of carbonyl (C=O) groups is 2. The van der Waals surface area contributed by atoms with Gasteiger partial charge in [-0.25, -0.2) is 9.18 Å². The Morgan fingerprint density at radius 1 is 1.25 bits per heavy atom. The molecule has 150 valence electrons. The SMILES string of the molecule is CNCC1CN(c2ccc(N3CCN(C4=NC(=O)CS4)CC3)c(F)c2)C(=O)O1. The number of amides is 2. The van der Waals surface area contributed by atoms with Gasteiger partial charge in [0.25, 0.3) is 5.91 Å². The van der Waals surface area contributed by atoms with Crippen molar-refractivity contribution in [3.05, 3.63) is 24.0 Å². The van der Waals surface area contributed by atoms with Gasteiger partial charge in [0, 0.05) is 32.7 Å². The largest absolute Gasteiger partial charge is 0.443 e. The second kappa shape index (κ2) is 7.96. The van der Waals surface area contributed by atoms with Gasteiger partial charge in [-0.15, -0.1) is 0 Å². The van der Waals surface area contributed by atoms with Crippen LogP contribution >= 0.6 is 11.8 Å². The third-order valence-corrected chi connectivity index (χ3v) is 5.98. The molecular formula is C18H22FN5O3S. The van der Waals surface area contributed by atoms with Crippen molar-refractivity contribution < 1.29 is 18.7 Å². The predicted octanol–water partition coefficient (Wildman–Crippen LogP) is 1.12. The summed E-state index contributed by atoms with van der Waals surface area (Å²) < 4.78 is 20.1. The number of amidine groups is 1. The maximum absolute atomic E-state index is 14.8. The summed E-state index contributed by atoms with van der Waals surface area (Å²) in [6.07, 6.45) is -0.693. The molecule has 1 atom stereocenters. The van der Waals surface area contributed by atoms with E-state index in [1.54, 1.807) is 19.2 Å². The molecule has 0 radical (unpaired) electrons. The number of rotatable bonds is 4. The molecular weight excluding hydrogens is 385 g/mol. The monoisotopic (exact) mass is 407 g/mol. The quantitative estimate of drug-likeness (QED) is 0.802. The zero-order valence-electron chi connectivity index (χ0n) is 15.6. The number of anilines is 2. The molecule has 0 aliphatic carbocycles. The molecule has 0 saturated carbocycles. The van der Waals surface area contributed by atoms with Crippen LogP contribution in [-0.2, 0) is 9.53 Å². The number of halogens is 1. The minimum Gasteiger partial charge on any atom is -0.443 e. The number of nitrogens with one attached hydrogen (secondary N) is 1. The van der Waals surface area contributed by atoms with Gasteiger partial charge in [-0.3, -0.25) is 9.69 Å². The van der Waals surface area contributed by atoms with Gasteiger partial charge in [-0.05, 0) is 25.2 Å². The van der Waals surface area contributed by atoms with E-state index in [0.29, 0.717) is 56.4 Å². The first-order valence-electron chi connectivity index (χ1n) is 9.21. The third kappa shape index (κ3) is 3.79. The highest BCUT2D eigenvalue weighted by Gasteiger charge is 2.32. The van der Waals surface area contributed by atoms with Gasteiger partial charge in [0.05, 0.1) is 23.7 Å². The molecule has 3 aliphatic heterocycles. The molecule has 1 N–H and O–H groups in total. The molecule has 28 heavy (non-hydrogen) atoms. The number of aliphatic imine (C=N–C) groups is 1. The number of ether oxygens (including phenoxy) is 1. The van der Waals surface area contributed by atoms with Gasteiger partial charge >= 0.3 is 6.09 Å². The Morgan fingerprint density at radius 3 is 2.64 bits per heavy atom. The van der Waals surface area contributed by atoms with E-state index in [4.69, 9.17) is 4.74 Å². The Bertz CT molecular complexity index is 812. The van der Waals surface area contributed by atoms with Gasteiger partial charge in [0.2, 0.25) is 0 Å². The molecule has 4 rings (SSSR count). The van der Waals surface area contributed by atoms with Crippen molar-refractivity contribution in [1.29, 1.82) is 0 Å². The predicted molar refractivity (Wildman–Crippen MR) is 107 cm³/mol. The fourth-order valence-corrected chi connectivity index (χ4v) is 4.43. The lowest BCUT2D eigenvalue weighted by Gasteiger charge is -2.36. The lowest BCUT2D eigenvalue weighted by Crippen LogP contribution is -2.48. The smallest absolute Gasteiger partial charge is 0.414 e. The third-order valence-electron chi connectivity index (χ3n) is 4.98. The second-order valence-electron chi connectivity index (χ2n) is 6.86. The number of piperazine rings is 1. The maximum atomic E-state index is 14.8. The van der Waals surface area contributed by atoms with Crippen molar-refractivity contribution in [2.75, 3.05) is 61.9 Å². The van der Waals surface area contributed by atoms with Crippen LogP contribution in [0.1, 0.15) is 0 Å². The van der Waals surface area contributed by atoms with Gasteiger partial charge in [0.1, 0.15) is 11.9 Å². The highest BCUT2D eigenvalue weighted by atomic mass is 32.2. The second-order valence-corrected chi connectivity index (χ2v) is 7.80. The van der Waals surface area contributed by atoms with Crippen LogP contribution in [0.4, 0.5) is 20.6 Å². The van der Waals surface area contributed by atoms with E-state index < -0.39 is 6.09 Å². The van der Waals surface area contributed by atoms with Gasteiger partial charge in [-0.1, -0.05) is 11.8 Å². The average molecular weight is 407 g/mol. The molecule has 0 bridgehead atoms. The number of cyclic esters (lactones) is 1. The summed E-state index contributed by atoms with van der Waals surface area (Å²) in [6.45, 7) is 3.60. The molecule has 1 unspecified atom stereocenters. The first-order valence-corrected chi connectivity index (χ1v) is 10.2. The molecule has 2 amide bonds. The van der Waals surface area contributed by atoms with Crippen LogP contribution < -0.4 is 15.1 Å². The Kier molecular flexibility index (Phi) is 5.40. The van der Waals surface area contributed by atoms with Crippen molar-refractivity contribution in [2.24, 2.45) is 4.99 Å². The number of nitrogens with zero attached hydrogens (tertiary/aromatic N) is 4. The van der Waals surface area contributed by atoms with E-state index in [1.165, 1.54) is 22.7 Å². The number of hydrogen-bond acceptors (Lipinski definition) is 7. The first kappa shape index (κ1) is 19.0. The van der Waals surface area contributed by atoms with E-state index in [-0.39, 0.29) is 17.8 Å². The molecule has 2 fully saturated rings. The van der Waals surface area contributed by atoms with Crippen LogP contribution in [-0.4, -0.2) is 80.2 Å². The molecule has 3 aliphatic rings. The number of benzene rings is 1. The minimum atomic E-state index is -0.453. The molecule has 2 saturated heterocycles. The van der Waals surface area contributed by atoms with Crippen molar-refractivity contribution in [3.63, 3.8) is 0 Å². The van der Waals surface area contributed by atoms with E-state index in [0.717, 1.165) is 5.17 Å². The number of carbonyl (C=O) groups excluding carboxylic acids is 2. The topological polar surface area (TPSA) is 77.5 Å². The average Bonchev–Trinajstić information content (AvgIpc) is 3.28. The van der Waals surface area contributed by atoms with Crippen molar-refractivity contribution in [1.82, 2.24) is 10.2 Å². The Balaban J connectivity index is 1.41. The fraction of sp³-hybridized carbons (Fsp3) is 0.500. The lowest BCUT2D eigenvalue weighted by molar-refractivity contribution is -0.115. The summed E-state index contributed by atoms with van der Waals surface area (Å²) in [5, 5.41) is 3.74. The van der Waals surface area contributed by atoms with E-state index >= 15 is 0 Å².